The fourth-order valence-corrected chi connectivity index (χ4v) is 3.48. The van der Waals surface area contributed by atoms with Crippen LogP contribution in [-0.4, -0.2) is 12.6 Å². The molecule has 82 valence electrons. The minimum atomic E-state index is 0.853. The van der Waals surface area contributed by atoms with E-state index in [0.717, 1.165) is 24.4 Å². The van der Waals surface area contributed by atoms with Crippen LogP contribution in [0.4, 0.5) is 0 Å². The first-order valence-electron chi connectivity index (χ1n) is 6.62. The van der Waals surface area contributed by atoms with E-state index in [4.69, 9.17) is 0 Å². The number of nitrogens with one attached hydrogen (secondary N) is 1. The lowest BCUT2D eigenvalue weighted by molar-refractivity contribution is 0.373. The van der Waals surface area contributed by atoms with Gasteiger partial charge < -0.3 is 5.32 Å². The quantitative estimate of drug-likeness (QED) is 0.725. The average molecular weight is 195 g/mol. The van der Waals surface area contributed by atoms with E-state index in [-0.39, 0.29) is 0 Å². The maximum absolute atomic E-state index is 3.60. The average Bonchev–Trinajstić information content (AvgIpc) is 2.79. The van der Waals surface area contributed by atoms with Crippen molar-refractivity contribution in [2.75, 3.05) is 6.54 Å². The Morgan fingerprint density at radius 2 is 1.79 bits per heavy atom. The minimum absolute atomic E-state index is 0.853. The molecule has 0 heterocycles. The highest BCUT2D eigenvalue weighted by atomic mass is 14.9. The Morgan fingerprint density at radius 1 is 1.00 bits per heavy atom. The first-order valence-corrected chi connectivity index (χ1v) is 6.62. The molecule has 2 aliphatic rings. The van der Waals surface area contributed by atoms with Crippen molar-refractivity contribution in [1.29, 1.82) is 0 Å². The Morgan fingerprint density at radius 3 is 2.50 bits per heavy atom. The normalized spacial score (nSPS) is 34.1. The Balaban J connectivity index is 1.67. The van der Waals surface area contributed by atoms with E-state index in [2.05, 4.69) is 12.2 Å². The third kappa shape index (κ3) is 2.73. The van der Waals surface area contributed by atoms with Gasteiger partial charge in [-0.25, -0.2) is 0 Å². The van der Waals surface area contributed by atoms with E-state index >= 15 is 0 Å². The zero-order valence-electron chi connectivity index (χ0n) is 9.60. The number of hydrogen-bond acceptors (Lipinski definition) is 1. The minimum Gasteiger partial charge on any atom is -0.314 e. The molecule has 14 heavy (non-hydrogen) atoms. The highest BCUT2D eigenvalue weighted by Gasteiger charge is 2.27. The Kier molecular flexibility index (Phi) is 3.86. The summed E-state index contributed by atoms with van der Waals surface area (Å²) in [4.78, 5) is 0. The van der Waals surface area contributed by atoms with Gasteiger partial charge in [-0.2, -0.15) is 0 Å². The maximum atomic E-state index is 3.60. The van der Waals surface area contributed by atoms with Crippen LogP contribution in [0.5, 0.6) is 0 Å². The van der Waals surface area contributed by atoms with Crippen molar-refractivity contribution in [3.8, 4) is 0 Å². The Labute approximate surface area is 88.7 Å². The molecule has 0 saturated heterocycles. The second kappa shape index (κ2) is 5.16. The molecule has 2 saturated carbocycles. The fourth-order valence-electron chi connectivity index (χ4n) is 3.48. The zero-order valence-corrected chi connectivity index (χ0v) is 9.60. The van der Waals surface area contributed by atoms with Gasteiger partial charge in [0.1, 0.15) is 0 Å². The van der Waals surface area contributed by atoms with E-state index in [9.17, 15) is 0 Å². The maximum Gasteiger partial charge on any atom is 0.00696 e. The highest BCUT2D eigenvalue weighted by molar-refractivity contribution is 4.82. The number of hydrogen-bond donors (Lipinski definition) is 1. The topological polar surface area (TPSA) is 12.0 Å². The molecule has 1 heteroatoms. The largest absolute Gasteiger partial charge is 0.314 e. The number of rotatable bonds is 4. The van der Waals surface area contributed by atoms with Crippen molar-refractivity contribution in [3.63, 3.8) is 0 Å². The molecule has 2 aliphatic carbocycles. The van der Waals surface area contributed by atoms with Crippen LogP contribution in [0.25, 0.3) is 0 Å². The molecule has 2 unspecified atom stereocenters. The van der Waals surface area contributed by atoms with Gasteiger partial charge in [0.15, 0.2) is 0 Å². The third-order valence-electron chi connectivity index (χ3n) is 4.18. The lowest BCUT2D eigenvalue weighted by atomic mass is 9.92. The molecule has 1 N–H and O–H groups in total. The van der Waals surface area contributed by atoms with Crippen molar-refractivity contribution in [1.82, 2.24) is 5.32 Å². The molecule has 0 aromatic carbocycles. The van der Waals surface area contributed by atoms with Crippen molar-refractivity contribution in [2.24, 2.45) is 11.8 Å². The zero-order chi connectivity index (χ0) is 9.80. The van der Waals surface area contributed by atoms with E-state index in [0.29, 0.717) is 0 Å². The van der Waals surface area contributed by atoms with Crippen LogP contribution in [0.3, 0.4) is 0 Å². The van der Waals surface area contributed by atoms with Gasteiger partial charge in [0.05, 0.1) is 0 Å². The van der Waals surface area contributed by atoms with Crippen molar-refractivity contribution in [3.05, 3.63) is 0 Å². The van der Waals surface area contributed by atoms with Crippen molar-refractivity contribution >= 4 is 0 Å². The molecule has 0 spiro atoms. The molecule has 0 aromatic heterocycles. The van der Waals surface area contributed by atoms with E-state index < -0.39 is 0 Å². The van der Waals surface area contributed by atoms with E-state index in [1.165, 1.54) is 44.9 Å². The predicted octanol–water partition coefficient (Wildman–Crippen LogP) is 3.34. The molecule has 1 nitrogen and oxygen atoms in total. The molecule has 2 atom stereocenters. The van der Waals surface area contributed by atoms with Crippen LogP contribution < -0.4 is 5.32 Å². The van der Waals surface area contributed by atoms with Gasteiger partial charge in [0.25, 0.3) is 0 Å². The first-order chi connectivity index (χ1) is 6.88. The monoisotopic (exact) mass is 195 g/mol. The summed E-state index contributed by atoms with van der Waals surface area (Å²) in [7, 11) is 0. The van der Waals surface area contributed by atoms with Gasteiger partial charge in [-0.05, 0) is 44.1 Å². The second-order valence-corrected chi connectivity index (χ2v) is 5.32. The summed E-state index contributed by atoms with van der Waals surface area (Å²) in [6.45, 7) is 3.38. The van der Waals surface area contributed by atoms with Gasteiger partial charge in [-0.15, -0.1) is 0 Å². The molecule has 0 aromatic rings. The van der Waals surface area contributed by atoms with Gasteiger partial charge in [0.2, 0.25) is 0 Å². The van der Waals surface area contributed by atoms with Crippen LogP contribution in [0.1, 0.15) is 58.3 Å². The van der Waals surface area contributed by atoms with Gasteiger partial charge in [0, 0.05) is 6.04 Å². The predicted molar refractivity (Wildman–Crippen MR) is 61.4 cm³/mol. The standard InChI is InChI=1S/C13H25N/c1-2-14-13-8-7-12(10-13)9-11-5-3-4-6-11/h11-14H,2-10H2,1H3. The van der Waals surface area contributed by atoms with Gasteiger partial charge in [-0.3, -0.25) is 0 Å². The van der Waals surface area contributed by atoms with Crippen molar-refractivity contribution in [2.45, 2.75) is 64.3 Å². The van der Waals surface area contributed by atoms with E-state index in [1.807, 2.05) is 0 Å². The summed E-state index contributed by atoms with van der Waals surface area (Å²) in [6, 6.07) is 0.853. The third-order valence-corrected chi connectivity index (χ3v) is 4.18. The van der Waals surface area contributed by atoms with Crippen LogP contribution in [0.2, 0.25) is 0 Å². The summed E-state index contributed by atoms with van der Waals surface area (Å²) >= 11 is 0. The lowest BCUT2D eigenvalue weighted by Gasteiger charge is -2.15. The van der Waals surface area contributed by atoms with Gasteiger partial charge in [-0.1, -0.05) is 32.6 Å². The summed E-state index contributed by atoms with van der Waals surface area (Å²) in [5, 5.41) is 3.60. The summed E-state index contributed by atoms with van der Waals surface area (Å²) in [5.41, 5.74) is 0. The molecular formula is C13H25N. The fraction of sp³-hybridized carbons (Fsp3) is 1.00. The molecule has 2 fully saturated rings. The van der Waals surface area contributed by atoms with E-state index in [1.54, 1.807) is 6.42 Å². The smallest absolute Gasteiger partial charge is 0.00696 e. The SMILES string of the molecule is CCNC1CCC(CC2CCCC2)C1. The molecule has 0 radical (unpaired) electrons. The molecule has 2 rings (SSSR count). The van der Waals surface area contributed by atoms with Crippen molar-refractivity contribution < 1.29 is 0 Å². The first kappa shape index (κ1) is 10.5. The van der Waals surface area contributed by atoms with Gasteiger partial charge >= 0.3 is 0 Å². The lowest BCUT2D eigenvalue weighted by Crippen LogP contribution is -2.25. The summed E-state index contributed by atoms with van der Waals surface area (Å²) in [6.07, 6.45) is 12.0. The molecule has 0 aliphatic heterocycles. The Bertz CT molecular complexity index is 161. The second-order valence-electron chi connectivity index (χ2n) is 5.32. The van der Waals surface area contributed by atoms with Crippen LogP contribution in [-0.2, 0) is 0 Å². The Hall–Kier alpha value is -0.0400. The van der Waals surface area contributed by atoms with Crippen LogP contribution >= 0.6 is 0 Å². The highest BCUT2D eigenvalue weighted by Crippen LogP contribution is 2.36. The molecule has 0 amide bonds. The molecule has 0 bridgehead atoms. The van der Waals surface area contributed by atoms with Crippen LogP contribution in [0.15, 0.2) is 0 Å². The molecular weight excluding hydrogens is 170 g/mol. The summed E-state index contributed by atoms with van der Waals surface area (Å²) < 4.78 is 0. The summed E-state index contributed by atoms with van der Waals surface area (Å²) in [5.74, 6) is 2.16. The van der Waals surface area contributed by atoms with Crippen LogP contribution in [0, 0.1) is 11.8 Å².